The molecule has 0 aliphatic heterocycles. The number of esters is 1. The van der Waals surface area contributed by atoms with Crippen LogP contribution in [0.2, 0.25) is 0 Å². The van der Waals surface area contributed by atoms with Crippen LogP contribution in [0.25, 0.3) is 0 Å². The molecule has 1 amide bonds. The lowest BCUT2D eigenvalue weighted by Crippen LogP contribution is -2.28. The highest BCUT2D eigenvalue weighted by molar-refractivity contribution is 5.89. The van der Waals surface area contributed by atoms with Crippen LogP contribution in [0.5, 0.6) is 5.75 Å². The molecule has 0 saturated heterocycles. The average Bonchev–Trinajstić information content (AvgIpc) is 2.58. The number of pyridine rings is 1. The van der Waals surface area contributed by atoms with Crippen molar-refractivity contribution in [3.05, 3.63) is 59.9 Å². The minimum Gasteiger partial charge on any atom is -0.497 e. The van der Waals surface area contributed by atoms with Gasteiger partial charge in [-0.15, -0.1) is 0 Å². The molecule has 0 bridgehead atoms. The third kappa shape index (κ3) is 4.59. The number of hydrogen-bond donors (Lipinski definition) is 1. The Kier molecular flexibility index (Phi) is 5.48. The van der Waals surface area contributed by atoms with Gasteiger partial charge in [0.15, 0.2) is 6.61 Å². The van der Waals surface area contributed by atoms with Crippen LogP contribution in [-0.2, 0) is 16.1 Å². The van der Waals surface area contributed by atoms with E-state index in [4.69, 9.17) is 9.47 Å². The van der Waals surface area contributed by atoms with Crippen molar-refractivity contribution >= 4 is 11.9 Å². The molecule has 0 fully saturated rings. The first-order chi connectivity index (χ1) is 10.7. The first-order valence-corrected chi connectivity index (χ1v) is 6.67. The van der Waals surface area contributed by atoms with Crippen molar-refractivity contribution < 1.29 is 19.1 Å². The standard InChI is InChI=1S/C16H16N2O4/c1-21-13-6-4-5-12(9-13)10-18-15(19)11-22-16(20)14-7-2-3-8-17-14/h2-9H,10-11H2,1H3,(H,18,19). The maximum Gasteiger partial charge on any atom is 0.357 e. The molecule has 0 aliphatic rings. The fourth-order valence-electron chi connectivity index (χ4n) is 1.72. The number of ether oxygens (including phenoxy) is 2. The second-order valence-electron chi connectivity index (χ2n) is 4.42. The molecule has 6 nitrogen and oxygen atoms in total. The van der Waals surface area contributed by atoms with Crippen molar-refractivity contribution in [1.82, 2.24) is 10.3 Å². The highest BCUT2D eigenvalue weighted by atomic mass is 16.5. The summed E-state index contributed by atoms with van der Waals surface area (Å²) >= 11 is 0. The quantitative estimate of drug-likeness (QED) is 0.819. The smallest absolute Gasteiger partial charge is 0.357 e. The summed E-state index contributed by atoms with van der Waals surface area (Å²) in [6, 6.07) is 12.2. The molecule has 1 aromatic carbocycles. The molecule has 0 atom stereocenters. The Hall–Kier alpha value is -2.89. The zero-order valence-corrected chi connectivity index (χ0v) is 12.1. The Morgan fingerprint density at radius 1 is 1.18 bits per heavy atom. The van der Waals surface area contributed by atoms with Crippen molar-refractivity contribution in [2.75, 3.05) is 13.7 Å². The van der Waals surface area contributed by atoms with Crippen LogP contribution in [-0.4, -0.2) is 30.6 Å². The molecule has 2 aromatic rings. The van der Waals surface area contributed by atoms with E-state index in [0.717, 1.165) is 5.56 Å². The molecule has 1 aromatic heterocycles. The van der Waals surface area contributed by atoms with E-state index in [1.54, 1.807) is 19.2 Å². The summed E-state index contributed by atoms with van der Waals surface area (Å²) in [7, 11) is 1.58. The van der Waals surface area contributed by atoms with Gasteiger partial charge in [0.1, 0.15) is 11.4 Å². The number of aromatic nitrogens is 1. The zero-order chi connectivity index (χ0) is 15.8. The lowest BCUT2D eigenvalue weighted by atomic mass is 10.2. The van der Waals surface area contributed by atoms with Crippen LogP contribution >= 0.6 is 0 Å². The van der Waals surface area contributed by atoms with E-state index in [2.05, 4.69) is 10.3 Å². The van der Waals surface area contributed by atoms with E-state index in [1.165, 1.54) is 12.3 Å². The largest absolute Gasteiger partial charge is 0.497 e. The second-order valence-corrected chi connectivity index (χ2v) is 4.42. The Morgan fingerprint density at radius 2 is 2.05 bits per heavy atom. The number of hydrogen-bond acceptors (Lipinski definition) is 5. The van der Waals surface area contributed by atoms with Crippen LogP contribution in [0.15, 0.2) is 48.7 Å². The minimum absolute atomic E-state index is 0.170. The monoisotopic (exact) mass is 300 g/mol. The Morgan fingerprint density at radius 3 is 2.77 bits per heavy atom. The number of nitrogens with one attached hydrogen (secondary N) is 1. The van der Waals surface area contributed by atoms with Gasteiger partial charge in [-0.2, -0.15) is 0 Å². The molecule has 22 heavy (non-hydrogen) atoms. The highest BCUT2D eigenvalue weighted by Crippen LogP contribution is 2.12. The van der Waals surface area contributed by atoms with Crippen molar-refractivity contribution in [3.63, 3.8) is 0 Å². The normalized spacial score (nSPS) is 9.86. The molecule has 0 unspecified atom stereocenters. The predicted octanol–water partition coefficient (Wildman–Crippen LogP) is 1.56. The number of rotatable bonds is 6. The number of amides is 1. The Labute approximate surface area is 128 Å². The molecule has 0 saturated carbocycles. The number of methoxy groups -OCH3 is 1. The van der Waals surface area contributed by atoms with Crippen LogP contribution in [0.4, 0.5) is 0 Å². The zero-order valence-electron chi connectivity index (χ0n) is 12.1. The molecule has 1 N–H and O–H groups in total. The van der Waals surface area contributed by atoms with Gasteiger partial charge in [0, 0.05) is 12.7 Å². The maximum atomic E-state index is 11.7. The van der Waals surface area contributed by atoms with Crippen LogP contribution < -0.4 is 10.1 Å². The fourth-order valence-corrected chi connectivity index (χ4v) is 1.72. The van der Waals surface area contributed by atoms with E-state index < -0.39 is 5.97 Å². The summed E-state index contributed by atoms with van der Waals surface area (Å²) in [5.74, 6) is -0.294. The van der Waals surface area contributed by atoms with Crippen molar-refractivity contribution in [1.29, 1.82) is 0 Å². The molecule has 6 heteroatoms. The molecule has 1 heterocycles. The Bertz CT molecular complexity index is 644. The van der Waals surface area contributed by atoms with Gasteiger partial charge in [-0.3, -0.25) is 4.79 Å². The summed E-state index contributed by atoms with van der Waals surface area (Å²) in [5, 5.41) is 2.66. The molecule has 0 radical (unpaired) electrons. The summed E-state index contributed by atoms with van der Waals surface area (Å²) in [6.45, 7) is -0.0173. The lowest BCUT2D eigenvalue weighted by molar-refractivity contribution is -0.124. The van der Waals surface area contributed by atoms with Crippen molar-refractivity contribution in [2.45, 2.75) is 6.54 Å². The molecular formula is C16H16N2O4. The second kappa shape index (κ2) is 7.78. The van der Waals surface area contributed by atoms with Gasteiger partial charge in [-0.25, -0.2) is 9.78 Å². The van der Waals surface area contributed by atoms with Gasteiger partial charge in [-0.1, -0.05) is 18.2 Å². The van der Waals surface area contributed by atoms with E-state index in [-0.39, 0.29) is 18.2 Å². The average molecular weight is 300 g/mol. The van der Waals surface area contributed by atoms with Gasteiger partial charge in [0.05, 0.1) is 7.11 Å². The SMILES string of the molecule is COc1cccc(CNC(=O)COC(=O)c2ccccn2)c1. The summed E-state index contributed by atoms with van der Waals surface area (Å²) in [6.07, 6.45) is 1.49. The summed E-state index contributed by atoms with van der Waals surface area (Å²) in [4.78, 5) is 27.1. The lowest BCUT2D eigenvalue weighted by Gasteiger charge is -2.07. The van der Waals surface area contributed by atoms with Crippen LogP contribution in [0, 0.1) is 0 Å². The first kappa shape index (κ1) is 15.5. The molecule has 114 valence electrons. The molecular weight excluding hydrogens is 284 g/mol. The fraction of sp³-hybridized carbons (Fsp3) is 0.188. The highest BCUT2D eigenvalue weighted by Gasteiger charge is 2.10. The number of benzene rings is 1. The summed E-state index contributed by atoms with van der Waals surface area (Å²) in [5.41, 5.74) is 1.06. The van der Waals surface area contributed by atoms with Gasteiger partial charge >= 0.3 is 5.97 Å². The number of carbonyl (C=O) groups excluding carboxylic acids is 2. The third-order valence-corrected chi connectivity index (χ3v) is 2.83. The number of nitrogens with zero attached hydrogens (tertiary/aromatic N) is 1. The van der Waals surface area contributed by atoms with E-state index in [9.17, 15) is 9.59 Å². The van der Waals surface area contributed by atoms with E-state index in [1.807, 2.05) is 24.3 Å². The van der Waals surface area contributed by atoms with Crippen molar-refractivity contribution in [3.8, 4) is 5.75 Å². The molecule has 2 rings (SSSR count). The van der Waals surface area contributed by atoms with Crippen LogP contribution in [0.1, 0.15) is 16.1 Å². The molecule has 0 spiro atoms. The minimum atomic E-state index is -0.628. The van der Waals surface area contributed by atoms with Gasteiger partial charge < -0.3 is 14.8 Å². The van der Waals surface area contributed by atoms with E-state index >= 15 is 0 Å². The molecule has 0 aliphatic carbocycles. The topological polar surface area (TPSA) is 77.5 Å². The van der Waals surface area contributed by atoms with Gasteiger partial charge in [-0.05, 0) is 29.8 Å². The Balaban J connectivity index is 1.77. The third-order valence-electron chi connectivity index (χ3n) is 2.83. The maximum absolute atomic E-state index is 11.7. The van der Waals surface area contributed by atoms with Gasteiger partial charge in [0.2, 0.25) is 0 Å². The van der Waals surface area contributed by atoms with Crippen molar-refractivity contribution in [2.24, 2.45) is 0 Å². The number of carbonyl (C=O) groups is 2. The summed E-state index contributed by atoms with van der Waals surface area (Å²) < 4.78 is 9.99. The first-order valence-electron chi connectivity index (χ1n) is 6.67. The predicted molar refractivity (Wildman–Crippen MR) is 79.4 cm³/mol. The van der Waals surface area contributed by atoms with Crippen LogP contribution in [0.3, 0.4) is 0 Å². The van der Waals surface area contributed by atoms with E-state index in [0.29, 0.717) is 12.3 Å². The van der Waals surface area contributed by atoms with Gasteiger partial charge in [0.25, 0.3) is 5.91 Å².